The van der Waals surface area contributed by atoms with Crippen LogP contribution in [0, 0.1) is 0 Å². The number of hydrogen-bond acceptors (Lipinski definition) is 11. The van der Waals surface area contributed by atoms with Crippen LogP contribution in [0.25, 0.3) is 0 Å². The van der Waals surface area contributed by atoms with Gasteiger partial charge in [-0.3, -0.25) is 4.79 Å². The van der Waals surface area contributed by atoms with Crippen LogP contribution in [-0.4, -0.2) is 116 Å². The first kappa shape index (κ1) is 34.0. The predicted octanol–water partition coefficient (Wildman–Crippen LogP) is 3.65. The maximum Gasteiger partial charge on any atom is 0.338 e. The van der Waals surface area contributed by atoms with Gasteiger partial charge in [-0.1, -0.05) is 0 Å². The highest BCUT2D eigenvalue weighted by Crippen LogP contribution is 2.39. The molecule has 0 saturated carbocycles. The average molecular weight is 630 g/mol. The Morgan fingerprint density at radius 3 is 2.00 bits per heavy atom. The normalized spacial score (nSPS) is 21.4. The number of esters is 1. The van der Waals surface area contributed by atoms with Crippen molar-refractivity contribution in [2.24, 2.45) is 0 Å². The van der Waals surface area contributed by atoms with Crippen molar-refractivity contribution in [2.45, 2.75) is 38.2 Å². The molecule has 2 aromatic carbocycles. The number of rotatable bonds is 7. The zero-order valence-electron chi connectivity index (χ0n) is 27.1. The van der Waals surface area contributed by atoms with E-state index in [2.05, 4.69) is 15.1 Å². The van der Waals surface area contributed by atoms with Crippen LogP contribution in [0.4, 0.5) is 0 Å². The van der Waals surface area contributed by atoms with E-state index in [9.17, 15) is 9.59 Å². The lowest BCUT2D eigenvalue weighted by Crippen LogP contribution is -2.34. The third-order valence-corrected chi connectivity index (χ3v) is 8.19. The molecule has 12 nitrogen and oxygen atoms in total. The zero-order valence-corrected chi connectivity index (χ0v) is 27.1. The van der Waals surface area contributed by atoms with E-state index in [0.717, 1.165) is 52.1 Å². The van der Waals surface area contributed by atoms with Gasteiger partial charge in [-0.15, -0.1) is 0 Å². The molecule has 0 aliphatic carbocycles. The SMILES string of the molecule is COc1cc(C(=O)O[C@H]2CCCOc3cc(cc(OC)c3OC)C(=O)NCCCN3CCCN(CC2)CC3)cc(OC)c1OC. The molecule has 1 fully saturated rings. The van der Waals surface area contributed by atoms with Crippen LogP contribution in [0.3, 0.4) is 0 Å². The van der Waals surface area contributed by atoms with Crippen molar-refractivity contribution in [3.8, 4) is 34.5 Å². The number of methoxy groups -OCH3 is 5. The van der Waals surface area contributed by atoms with Crippen molar-refractivity contribution in [1.82, 2.24) is 15.1 Å². The summed E-state index contributed by atoms with van der Waals surface area (Å²) < 4.78 is 39.6. The smallest absolute Gasteiger partial charge is 0.338 e. The van der Waals surface area contributed by atoms with Crippen molar-refractivity contribution in [2.75, 3.05) is 88.0 Å². The van der Waals surface area contributed by atoms with Gasteiger partial charge in [0.15, 0.2) is 23.0 Å². The van der Waals surface area contributed by atoms with E-state index in [4.69, 9.17) is 33.2 Å². The topological polar surface area (TPSA) is 117 Å². The van der Waals surface area contributed by atoms with Crippen molar-refractivity contribution >= 4 is 11.9 Å². The molecule has 0 spiro atoms. The quantitative estimate of drug-likeness (QED) is 0.453. The van der Waals surface area contributed by atoms with Crippen LogP contribution >= 0.6 is 0 Å². The summed E-state index contributed by atoms with van der Waals surface area (Å²) in [5.74, 6) is 1.75. The lowest BCUT2D eigenvalue weighted by atomic mass is 10.1. The van der Waals surface area contributed by atoms with Gasteiger partial charge in [0.2, 0.25) is 11.5 Å². The molecular formula is C33H47N3O9. The number of fused-ring (bicyclic) bond motifs is 5. The minimum atomic E-state index is -0.467. The number of carbonyl (C=O) groups excluding carboxylic acids is 2. The van der Waals surface area contributed by atoms with Gasteiger partial charge in [-0.25, -0.2) is 4.79 Å². The number of nitrogens with zero attached hydrogens (tertiary/aromatic N) is 2. The van der Waals surface area contributed by atoms with Crippen LogP contribution < -0.4 is 33.7 Å². The van der Waals surface area contributed by atoms with Gasteiger partial charge < -0.3 is 48.3 Å². The molecular weight excluding hydrogens is 582 g/mol. The van der Waals surface area contributed by atoms with Crippen LogP contribution in [0.2, 0.25) is 0 Å². The lowest BCUT2D eigenvalue weighted by molar-refractivity contribution is 0.0221. The van der Waals surface area contributed by atoms with Gasteiger partial charge in [0.1, 0.15) is 6.10 Å². The minimum absolute atomic E-state index is 0.195. The van der Waals surface area contributed by atoms with Gasteiger partial charge in [0, 0.05) is 31.7 Å². The first-order valence-electron chi connectivity index (χ1n) is 15.5. The van der Waals surface area contributed by atoms with Gasteiger partial charge in [0.05, 0.1) is 47.7 Å². The Balaban J connectivity index is 1.55. The Morgan fingerprint density at radius 1 is 0.733 bits per heavy atom. The average Bonchev–Trinajstić information content (AvgIpc) is 3.30. The van der Waals surface area contributed by atoms with Crippen LogP contribution in [0.1, 0.15) is 52.8 Å². The van der Waals surface area contributed by atoms with Crippen LogP contribution in [-0.2, 0) is 4.74 Å². The molecule has 1 N–H and O–H groups in total. The standard InChI is InChI=1S/C33H47N3O9/c1-39-26-19-23-20-29(31(26)43-5)44-18-6-9-25(45-33(38)24-21-27(40-2)30(42-4)28(22-24)41-3)10-15-36-14-8-13-35(16-17-36)12-7-11-34-32(23)37/h19-22,25H,6-18H2,1-5H3,(H,34,37)/t25-/m0/s1. The second-order valence-corrected chi connectivity index (χ2v) is 11.1. The van der Waals surface area contributed by atoms with Crippen molar-refractivity contribution in [3.63, 3.8) is 0 Å². The van der Waals surface area contributed by atoms with E-state index in [-0.39, 0.29) is 12.0 Å². The van der Waals surface area contributed by atoms with Crippen LogP contribution in [0.15, 0.2) is 24.3 Å². The first-order chi connectivity index (χ1) is 21.9. The first-order valence-corrected chi connectivity index (χ1v) is 15.5. The van der Waals surface area contributed by atoms with E-state index in [1.807, 2.05) is 0 Å². The second kappa shape index (κ2) is 17.0. The van der Waals surface area contributed by atoms with E-state index >= 15 is 0 Å². The molecule has 2 aromatic rings. The Labute approximate surface area is 265 Å². The lowest BCUT2D eigenvalue weighted by Gasteiger charge is -2.25. The maximum absolute atomic E-state index is 13.4. The highest BCUT2D eigenvalue weighted by molar-refractivity contribution is 5.95. The molecule has 4 bridgehead atoms. The largest absolute Gasteiger partial charge is 0.493 e. The number of amides is 1. The third kappa shape index (κ3) is 9.07. The fourth-order valence-corrected chi connectivity index (χ4v) is 5.75. The minimum Gasteiger partial charge on any atom is -0.493 e. The van der Waals surface area contributed by atoms with Gasteiger partial charge in [-0.2, -0.15) is 0 Å². The maximum atomic E-state index is 13.4. The number of nitrogens with one attached hydrogen (secondary N) is 1. The van der Waals surface area contributed by atoms with E-state index in [1.165, 1.54) is 35.5 Å². The Morgan fingerprint density at radius 2 is 1.36 bits per heavy atom. The second-order valence-electron chi connectivity index (χ2n) is 11.1. The Bertz CT molecular complexity index is 1260. The van der Waals surface area contributed by atoms with Crippen LogP contribution in [0.5, 0.6) is 34.5 Å². The Hall–Kier alpha value is -3.90. The number of carbonyl (C=O) groups is 2. The number of benzene rings is 2. The summed E-state index contributed by atoms with van der Waals surface area (Å²) in [6, 6.07) is 6.53. The summed E-state index contributed by atoms with van der Waals surface area (Å²) in [5, 5.41) is 3.03. The molecule has 2 heterocycles. The molecule has 2 unspecified atom stereocenters. The predicted molar refractivity (Wildman–Crippen MR) is 169 cm³/mol. The van der Waals surface area contributed by atoms with Gasteiger partial charge >= 0.3 is 5.97 Å². The molecule has 1 amide bonds. The third-order valence-electron chi connectivity index (χ3n) is 8.19. The molecule has 2 aliphatic rings. The fraction of sp³-hybridized carbons (Fsp3) is 0.576. The van der Waals surface area contributed by atoms with Gasteiger partial charge in [-0.05, 0) is 76.0 Å². The number of hydrogen-bond donors (Lipinski definition) is 1. The molecule has 4 rings (SSSR count). The molecule has 12 heteroatoms. The monoisotopic (exact) mass is 629 g/mol. The molecule has 1 saturated heterocycles. The Kier molecular flexibility index (Phi) is 12.8. The van der Waals surface area contributed by atoms with Crippen molar-refractivity contribution in [1.29, 1.82) is 0 Å². The summed E-state index contributed by atoms with van der Waals surface area (Å²) in [7, 11) is 7.60. The number of ether oxygens (including phenoxy) is 7. The van der Waals surface area contributed by atoms with Gasteiger partial charge in [0.25, 0.3) is 5.91 Å². The van der Waals surface area contributed by atoms with Crippen molar-refractivity contribution < 1.29 is 42.7 Å². The molecule has 0 aromatic heterocycles. The fourth-order valence-electron chi connectivity index (χ4n) is 5.75. The molecule has 0 radical (unpaired) electrons. The van der Waals surface area contributed by atoms with E-state index < -0.39 is 5.97 Å². The molecule has 3 atom stereocenters. The molecule has 248 valence electrons. The molecule has 45 heavy (non-hydrogen) atoms. The summed E-state index contributed by atoms with van der Waals surface area (Å²) in [6.07, 6.45) is 3.42. The summed E-state index contributed by atoms with van der Waals surface area (Å²) >= 11 is 0. The van der Waals surface area contributed by atoms with E-state index in [1.54, 1.807) is 24.3 Å². The highest BCUT2D eigenvalue weighted by atomic mass is 16.6. The summed E-state index contributed by atoms with van der Waals surface area (Å²) in [4.78, 5) is 31.3. The summed E-state index contributed by atoms with van der Waals surface area (Å²) in [5.41, 5.74) is 0.747. The molecule has 2 aliphatic heterocycles. The van der Waals surface area contributed by atoms with E-state index in [0.29, 0.717) is 78.0 Å². The zero-order chi connectivity index (χ0) is 32.2. The van der Waals surface area contributed by atoms with Crippen molar-refractivity contribution in [3.05, 3.63) is 35.4 Å². The highest BCUT2D eigenvalue weighted by Gasteiger charge is 2.24. The summed E-state index contributed by atoms with van der Waals surface area (Å²) in [6.45, 7) is 6.50.